The van der Waals surface area contributed by atoms with Gasteiger partial charge in [0.25, 0.3) is 0 Å². The van der Waals surface area contributed by atoms with Gasteiger partial charge >= 0.3 is 0 Å². The van der Waals surface area contributed by atoms with Gasteiger partial charge in [-0.15, -0.1) is 16.4 Å². The zero-order valence-electron chi connectivity index (χ0n) is 13.1. The van der Waals surface area contributed by atoms with Crippen LogP contribution in [-0.2, 0) is 32.4 Å². The Morgan fingerprint density at radius 2 is 2.26 bits per heavy atom. The number of thiazole rings is 1. The van der Waals surface area contributed by atoms with Crippen LogP contribution in [0.2, 0.25) is 0 Å². The normalized spacial score (nSPS) is 17.3. The van der Waals surface area contributed by atoms with Crippen LogP contribution < -0.4 is 0 Å². The summed E-state index contributed by atoms with van der Waals surface area (Å²) >= 11 is 1.71. The van der Waals surface area contributed by atoms with Crippen molar-refractivity contribution >= 4 is 11.3 Å². The highest BCUT2D eigenvalue weighted by Crippen LogP contribution is 2.21. The van der Waals surface area contributed by atoms with Crippen molar-refractivity contribution in [1.29, 1.82) is 0 Å². The molecule has 120 valence electrons. The van der Waals surface area contributed by atoms with Crippen molar-refractivity contribution < 1.29 is 0 Å². The predicted molar refractivity (Wildman–Crippen MR) is 86.1 cm³/mol. The molecule has 0 saturated carbocycles. The Bertz CT molecular complexity index is 787. The first kappa shape index (κ1) is 14.5. The highest BCUT2D eigenvalue weighted by atomic mass is 32.1. The Morgan fingerprint density at radius 3 is 3.13 bits per heavy atom. The van der Waals surface area contributed by atoms with Crippen molar-refractivity contribution in [3.8, 4) is 0 Å². The first-order valence-corrected chi connectivity index (χ1v) is 8.81. The monoisotopic (exact) mass is 329 g/mol. The van der Waals surface area contributed by atoms with Gasteiger partial charge in [-0.3, -0.25) is 0 Å². The molecule has 4 heterocycles. The molecule has 4 rings (SSSR count). The first-order chi connectivity index (χ1) is 11.3. The van der Waals surface area contributed by atoms with Gasteiger partial charge in [0.1, 0.15) is 5.82 Å². The van der Waals surface area contributed by atoms with Gasteiger partial charge in [0.2, 0.25) is 0 Å². The number of imidazole rings is 1. The minimum absolute atomic E-state index is 0.559. The standard InChI is InChI=1S/C15H19N7S/c1-11-13(23-10-17-11)3-5-15-18-19-20-22(15)9-12-2-4-14-16-6-7-21(14)8-12/h6-7,10,12H,2-5,8-9H2,1H3. The lowest BCUT2D eigenvalue weighted by Gasteiger charge is -2.23. The Labute approximate surface area is 138 Å². The number of nitrogens with zero attached hydrogens (tertiary/aromatic N) is 7. The molecule has 0 fully saturated rings. The van der Waals surface area contributed by atoms with E-state index in [2.05, 4.69) is 43.2 Å². The third kappa shape index (κ3) is 3.03. The van der Waals surface area contributed by atoms with Gasteiger partial charge in [-0.05, 0) is 36.1 Å². The molecule has 1 unspecified atom stereocenters. The minimum atomic E-state index is 0.559. The van der Waals surface area contributed by atoms with Crippen LogP contribution in [0.1, 0.15) is 28.6 Å². The maximum atomic E-state index is 4.38. The summed E-state index contributed by atoms with van der Waals surface area (Å²) in [5.74, 6) is 2.72. The molecule has 0 radical (unpaired) electrons. The van der Waals surface area contributed by atoms with Crippen LogP contribution in [0.15, 0.2) is 17.9 Å². The van der Waals surface area contributed by atoms with Gasteiger partial charge in [-0.2, -0.15) is 0 Å². The van der Waals surface area contributed by atoms with Gasteiger partial charge in [-0.25, -0.2) is 14.6 Å². The smallest absolute Gasteiger partial charge is 0.151 e. The van der Waals surface area contributed by atoms with Crippen LogP contribution in [0, 0.1) is 12.8 Å². The van der Waals surface area contributed by atoms with Crippen LogP contribution >= 0.6 is 11.3 Å². The highest BCUT2D eigenvalue weighted by molar-refractivity contribution is 7.09. The summed E-state index contributed by atoms with van der Waals surface area (Å²) in [7, 11) is 0. The summed E-state index contributed by atoms with van der Waals surface area (Å²) in [6.45, 7) is 3.93. The largest absolute Gasteiger partial charge is 0.335 e. The minimum Gasteiger partial charge on any atom is -0.335 e. The lowest BCUT2D eigenvalue weighted by atomic mass is 9.99. The molecule has 1 aliphatic rings. The molecule has 0 aliphatic carbocycles. The van der Waals surface area contributed by atoms with E-state index >= 15 is 0 Å². The molecule has 0 spiro atoms. The quantitative estimate of drug-likeness (QED) is 0.712. The number of aryl methyl sites for hydroxylation is 4. The lowest BCUT2D eigenvalue weighted by molar-refractivity contribution is 0.305. The Kier molecular flexibility index (Phi) is 3.90. The average Bonchev–Trinajstić information content (AvgIpc) is 3.26. The Morgan fingerprint density at radius 1 is 1.30 bits per heavy atom. The molecule has 1 aliphatic heterocycles. The first-order valence-electron chi connectivity index (χ1n) is 7.93. The molecule has 1 atom stereocenters. The van der Waals surface area contributed by atoms with Crippen molar-refractivity contribution in [1.82, 2.24) is 34.7 Å². The molecule has 0 aromatic carbocycles. The fourth-order valence-corrected chi connectivity index (χ4v) is 3.95. The number of fused-ring (bicyclic) bond motifs is 1. The van der Waals surface area contributed by atoms with Crippen molar-refractivity contribution in [2.24, 2.45) is 5.92 Å². The van der Waals surface area contributed by atoms with Crippen molar-refractivity contribution in [2.75, 3.05) is 0 Å². The maximum Gasteiger partial charge on any atom is 0.151 e. The van der Waals surface area contributed by atoms with E-state index in [9.17, 15) is 0 Å². The van der Waals surface area contributed by atoms with Crippen molar-refractivity contribution in [3.05, 3.63) is 40.1 Å². The van der Waals surface area contributed by atoms with E-state index in [1.54, 1.807) is 11.3 Å². The summed E-state index contributed by atoms with van der Waals surface area (Å²) in [5.41, 5.74) is 3.02. The summed E-state index contributed by atoms with van der Waals surface area (Å²) < 4.78 is 4.22. The van der Waals surface area contributed by atoms with Crippen molar-refractivity contribution in [2.45, 2.75) is 45.7 Å². The van der Waals surface area contributed by atoms with Gasteiger partial charge in [-0.1, -0.05) is 0 Å². The molecule has 0 saturated heterocycles. The zero-order chi connectivity index (χ0) is 15.6. The molecule has 0 bridgehead atoms. The zero-order valence-corrected chi connectivity index (χ0v) is 13.9. The molecule has 0 amide bonds. The second kappa shape index (κ2) is 6.19. The molecule has 3 aromatic heterocycles. The number of tetrazole rings is 1. The van der Waals surface area contributed by atoms with Crippen LogP contribution in [0.25, 0.3) is 0 Å². The number of hydrogen-bond donors (Lipinski definition) is 0. The summed E-state index contributed by atoms with van der Waals surface area (Å²) in [6.07, 6.45) is 7.94. The average molecular weight is 329 g/mol. The van der Waals surface area contributed by atoms with Gasteiger partial charge < -0.3 is 4.57 Å². The maximum absolute atomic E-state index is 4.38. The SMILES string of the molecule is Cc1ncsc1CCc1nnnn1CC1CCc2nccn2C1. The van der Waals surface area contributed by atoms with E-state index in [4.69, 9.17) is 0 Å². The summed E-state index contributed by atoms with van der Waals surface area (Å²) in [6, 6.07) is 0. The third-order valence-corrected chi connectivity index (χ3v) is 5.49. The number of aromatic nitrogens is 7. The third-order valence-electron chi connectivity index (χ3n) is 4.49. The molecule has 23 heavy (non-hydrogen) atoms. The van der Waals surface area contributed by atoms with Crippen LogP contribution in [0.3, 0.4) is 0 Å². The van der Waals surface area contributed by atoms with Crippen LogP contribution in [-0.4, -0.2) is 34.7 Å². The predicted octanol–water partition coefficient (Wildman–Crippen LogP) is 1.68. The number of hydrogen-bond acceptors (Lipinski definition) is 6. The lowest BCUT2D eigenvalue weighted by Crippen LogP contribution is -2.25. The number of rotatable bonds is 5. The fraction of sp³-hybridized carbons (Fsp3) is 0.533. The van der Waals surface area contributed by atoms with Gasteiger partial charge in [0.05, 0.1) is 11.2 Å². The van der Waals surface area contributed by atoms with E-state index in [1.165, 1.54) is 10.7 Å². The molecule has 3 aromatic rings. The molecule has 7 nitrogen and oxygen atoms in total. The van der Waals surface area contributed by atoms with Crippen LogP contribution in [0.5, 0.6) is 0 Å². The molecular weight excluding hydrogens is 310 g/mol. The molecule has 8 heteroatoms. The van der Waals surface area contributed by atoms with E-state index < -0.39 is 0 Å². The summed E-state index contributed by atoms with van der Waals surface area (Å²) in [4.78, 5) is 10.0. The van der Waals surface area contributed by atoms with E-state index in [-0.39, 0.29) is 0 Å². The fourth-order valence-electron chi connectivity index (χ4n) is 3.17. The molecular formula is C15H19N7S. The van der Waals surface area contributed by atoms with Gasteiger partial charge in [0.15, 0.2) is 5.82 Å². The highest BCUT2D eigenvalue weighted by Gasteiger charge is 2.21. The summed E-state index contributed by atoms with van der Waals surface area (Å²) in [5, 5.41) is 12.3. The van der Waals surface area contributed by atoms with Gasteiger partial charge in [0, 0.05) is 43.2 Å². The van der Waals surface area contributed by atoms with E-state index in [0.29, 0.717) is 5.92 Å². The topological polar surface area (TPSA) is 74.3 Å². The van der Waals surface area contributed by atoms with E-state index in [1.807, 2.05) is 16.4 Å². The van der Waals surface area contributed by atoms with Crippen molar-refractivity contribution in [3.63, 3.8) is 0 Å². The van der Waals surface area contributed by atoms with E-state index in [0.717, 1.165) is 50.3 Å². The molecule has 0 N–H and O–H groups in total. The second-order valence-corrected chi connectivity index (χ2v) is 6.98. The van der Waals surface area contributed by atoms with Crippen LogP contribution in [0.4, 0.5) is 0 Å². The Hall–Kier alpha value is -2.09. The second-order valence-electron chi connectivity index (χ2n) is 6.04. The Balaban J connectivity index is 1.41.